The van der Waals surface area contributed by atoms with Crippen molar-refractivity contribution in [2.45, 2.75) is 72.3 Å². The van der Waals surface area contributed by atoms with E-state index in [4.69, 9.17) is 5.84 Å². The van der Waals surface area contributed by atoms with Crippen molar-refractivity contribution >= 4 is 11.5 Å². The number of allylic oxidation sites excluding steroid dienone is 1. The van der Waals surface area contributed by atoms with E-state index in [0.29, 0.717) is 24.1 Å². The molecule has 0 aromatic carbocycles. The maximum absolute atomic E-state index is 13.0. The third-order valence-corrected chi connectivity index (χ3v) is 5.72. The third-order valence-electron chi connectivity index (χ3n) is 5.72. The highest BCUT2D eigenvalue weighted by Crippen LogP contribution is 2.61. The van der Waals surface area contributed by atoms with Gasteiger partial charge in [-0.2, -0.15) is 5.10 Å². The van der Waals surface area contributed by atoms with E-state index >= 15 is 0 Å². The Morgan fingerprint density at radius 2 is 1.68 bits per heavy atom. The second-order valence-electron chi connectivity index (χ2n) is 9.56. The molecule has 2 bridgehead atoms. The van der Waals surface area contributed by atoms with Crippen molar-refractivity contribution < 1.29 is 9.90 Å². The van der Waals surface area contributed by atoms with E-state index in [0.717, 1.165) is 24.8 Å². The summed E-state index contributed by atoms with van der Waals surface area (Å²) in [6.07, 6.45) is 4.07. The normalized spacial score (nSPS) is 41.5. The van der Waals surface area contributed by atoms with Crippen LogP contribution in [0.3, 0.4) is 0 Å². The van der Waals surface area contributed by atoms with Crippen molar-refractivity contribution in [1.29, 1.82) is 0 Å². The summed E-state index contributed by atoms with van der Waals surface area (Å²) in [6, 6.07) is 0. The van der Waals surface area contributed by atoms with E-state index in [2.05, 4.69) is 25.9 Å². The molecule has 0 aromatic rings. The van der Waals surface area contributed by atoms with Crippen LogP contribution in [0, 0.1) is 16.2 Å². The Labute approximate surface area is 132 Å². The smallest absolute Gasteiger partial charge is 0.208 e. The molecule has 4 nitrogen and oxygen atoms in total. The van der Waals surface area contributed by atoms with E-state index in [9.17, 15) is 9.90 Å². The Hall–Kier alpha value is -1.16. The number of aliphatic hydroxyl groups is 1. The molecule has 3 aliphatic rings. The Morgan fingerprint density at radius 3 is 2.27 bits per heavy atom. The molecule has 3 aliphatic carbocycles. The predicted octanol–water partition coefficient (Wildman–Crippen LogP) is 2.95. The lowest BCUT2D eigenvalue weighted by atomic mass is 9.49. The van der Waals surface area contributed by atoms with Crippen molar-refractivity contribution in [3.8, 4) is 0 Å². The molecule has 1 saturated carbocycles. The fourth-order valence-electron chi connectivity index (χ4n) is 5.87. The third kappa shape index (κ3) is 2.15. The summed E-state index contributed by atoms with van der Waals surface area (Å²) in [5, 5.41) is 15.2. The molecule has 122 valence electrons. The van der Waals surface area contributed by atoms with E-state index in [1.54, 1.807) is 0 Å². The summed E-state index contributed by atoms with van der Waals surface area (Å²) in [5.41, 5.74) is 0.894. The van der Waals surface area contributed by atoms with Crippen LogP contribution >= 0.6 is 0 Å². The average Bonchev–Trinajstić information content (AvgIpc) is 2.20. The summed E-state index contributed by atoms with van der Waals surface area (Å²) in [6.45, 7) is 10.7. The van der Waals surface area contributed by atoms with Gasteiger partial charge in [-0.3, -0.25) is 4.79 Å². The molecule has 22 heavy (non-hydrogen) atoms. The lowest BCUT2D eigenvalue weighted by Crippen LogP contribution is -2.56. The minimum atomic E-state index is -1.02. The van der Waals surface area contributed by atoms with Crippen LogP contribution in [0.5, 0.6) is 0 Å². The summed E-state index contributed by atoms with van der Waals surface area (Å²) in [4.78, 5) is 13.0. The van der Waals surface area contributed by atoms with Gasteiger partial charge in [0.15, 0.2) is 0 Å². The van der Waals surface area contributed by atoms with E-state index < -0.39 is 5.60 Å². The number of carbonyl (C=O) groups is 1. The molecule has 0 amide bonds. The molecule has 1 fully saturated rings. The fourth-order valence-corrected chi connectivity index (χ4v) is 5.87. The van der Waals surface area contributed by atoms with Gasteiger partial charge in [0.2, 0.25) is 5.78 Å². The fraction of sp³-hybridized carbons (Fsp3) is 0.778. The number of fused-ring (bicyclic) bond motifs is 3. The molecule has 0 aromatic heterocycles. The monoisotopic (exact) mass is 304 g/mol. The van der Waals surface area contributed by atoms with Crippen molar-refractivity contribution in [2.75, 3.05) is 0 Å². The van der Waals surface area contributed by atoms with Gasteiger partial charge in [-0.1, -0.05) is 40.2 Å². The van der Waals surface area contributed by atoms with Crippen LogP contribution < -0.4 is 5.84 Å². The van der Waals surface area contributed by atoms with Crippen LogP contribution in [0.4, 0.5) is 0 Å². The zero-order valence-corrected chi connectivity index (χ0v) is 14.4. The highest BCUT2D eigenvalue weighted by Gasteiger charge is 2.58. The number of ketones is 1. The van der Waals surface area contributed by atoms with Crippen molar-refractivity contribution in [3.63, 3.8) is 0 Å². The van der Waals surface area contributed by atoms with Crippen molar-refractivity contribution in [2.24, 2.45) is 27.2 Å². The molecule has 4 heteroatoms. The summed E-state index contributed by atoms with van der Waals surface area (Å²) in [7, 11) is 0. The molecular weight excluding hydrogens is 276 g/mol. The Morgan fingerprint density at radius 1 is 1.05 bits per heavy atom. The minimum Gasteiger partial charge on any atom is -0.385 e. The minimum absolute atomic E-state index is 0.0353. The first-order valence-corrected chi connectivity index (χ1v) is 8.20. The molecule has 0 saturated heterocycles. The standard InChI is InChI=1S/C18H28N2O2/c1-15(2)8-17(5)7-11-6-16(3,4)14(20-19)13(21)12(11)18(22,9-15)10-17/h22H,6-10,19H2,1-5H3/t17-,18-/m1/s1. The van der Waals surface area contributed by atoms with Crippen molar-refractivity contribution in [1.82, 2.24) is 0 Å². The molecular formula is C18H28N2O2. The first-order chi connectivity index (χ1) is 9.91. The maximum atomic E-state index is 13.0. The molecule has 0 radical (unpaired) electrons. The van der Waals surface area contributed by atoms with Crippen molar-refractivity contribution in [3.05, 3.63) is 11.1 Å². The number of carbonyl (C=O) groups excluding carboxylic acids is 1. The van der Waals surface area contributed by atoms with Crippen LogP contribution in [0.25, 0.3) is 0 Å². The molecule has 0 aliphatic heterocycles. The zero-order chi connectivity index (χ0) is 16.6. The van der Waals surface area contributed by atoms with Crippen LogP contribution in [-0.2, 0) is 4.79 Å². The van der Waals surface area contributed by atoms with Crippen LogP contribution in [-0.4, -0.2) is 22.2 Å². The number of nitrogens with two attached hydrogens (primary N) is 1. The summed E-state index contributed by atoms with van der Waals surface area (Å²) < 4.78 is 0. The maximum Gasteiger partial charge on any atom is 0.208 e. The summed E-state index contributed by atoms with van der Waals surface area (Å²) in [5.74, 6) is 5.38. The van der Waals surface area contributed by atoms with E-state index in [-0.39, 0.29) is 22.0 Å². The topological polar surface area (TPSA) is 75.7 Å². The first kappa shape index (κ1) is 15.7. The average molecular weight is 304 g/mol. The largest absolute Gasteiger partial charge is 0.385 e. The highest BCUT2D eigenvalue weighted by atomic mass is 16.3. The lowest BCUT2D eigenvalue weighted by Gasteiger charge is -2.57. The molecule has 0 unspecified atom stereocenters. The molecule has 0 heterocycles. The highest BCUT2D eigenvalue weighted by molar-refractivity contribution is 6.48. The lowest BCUT2D eigenvalue weighted by molar-refractivity contribution is -0.119. The van der Waals surface area contributed by atoms with Gasteiger partial charge in [-0.15, -0.1) is 0 Å². The van der Waals surface area contributed by atoms with Gasteiger partial charge in [0, 0.05) is 11.0 Å². The van der Waals surface area contributed by atoms with Gasteiger partial charge in [0.1, 0.15) is 5.71 Å². The Kier molecular flexibility index (Phi) is 3.02. The first-order valence-electron chi connectivity index (χ1n) is 8.20. The number of hydrogen-bond acceptors (Lipinski definition) is 4. The second kappa shape index (κ2) is 4.22. The molecule has 0 spiro atoms. The quantitative estimate of drug-likeness (QED) is 0.533. The number of nitrogens with zero attached hydrogens (tertiary/aromatic N) is 1. The Bertz CT molecular complexity index is 615. The van der Waals surface area contributed by atoms with Gasteiger partial charge >= 0.3 is 0 Å². The number of Topliss-reactive ketones (excluding diaryl/α,β-unsaturated/α-hetero) is 1. The number of rotatable bonds is 0. The van der Waals surface area contributed by atoms with Gasteiger partial charge in [0.25, 0.3) is 0 Å². The van der Waals surface area contributed by atoms with Gasteiger partial charge in [-0.25, -0.2) is 0 Å². The Balaban J connectivity index is 2.18. The van der Waals surface area contributed by atoms with Gasteiger partial charge < -0.3 is 10.9 Å². The SMILES string of the molecule is CC1(C)C[C@@]2(C)CC3=C(C(=O)C(=NN)C(C)(C)C3)[C@@](O)(C1)C2. The second-order valence-corrected chi connectivity index (χ2v) is 9.56. The van der Waals surface area contributed by atoms with Crippen LogP contribution in [0.15, 0.2) is 16.2 Å². The van der Waals surface area contributed by atoms with Gasteiger partial charge in [-0.05, 0) is 42.9 Å². The molecule has 3 rings (SSSR count). The van der Waals surface area contributed by atoms with Gasteiger partial charge in [0.05, 0.1) is 5.60 Å². The molecule has 2 atom stereocenters. The number of hydrogen-bond donors (Lipinski definition) is 2. The predicted molar refractivity (Wildman–Crippen MR) is 87.4 cm³/mol. The zero-order valence-electron chi connectivity index (χ0n) is 14.4. The molecule has 3 N–H and O–H groups in total. The number of hydrazone groups is 1. The summed E-state index contributed by atoms with van der Waals surface area (Å²) >= 11 is 0. The van der Waals surface area contributed by atoms with E-state index in [1.165, 1.54) is 0 Å². The van der Waals surface area contributed by atoms with Crippen LogP contribution in [0.1, 0.15) is 66.7 Å². The van der Waals surface area contributed by atoms with Crippen LogP contribution in [0.2, 0.25) is 0 Å². The van der Waals surface area contributed by atoms with E-state index in [1.807, 2.05) is 13.8 Å².